The van der Waals surface area contributed by atoms with E-state index in [4.69, 9.17) is 0 Å². The Morgan fingerprint density at radius 3 is 2.91 bits per heavy atom. The van der Waals surface area contributed by atoms with E-state index in [1.54, 1.807) is 0 Å². The molecule has 1 aromatic rings. The Labute approximate surface area is 137 Å². The lowest BCUT2D eigenvalue weighted by Crippen LogP contribution is -2.59. The molecular formula is C20H25NO2. The van der Waals surface area contributed by atoms with E-state index in [0.29, 0.717) is 18.0 Å². The Hall–Kier alpha value is -1.35. The van der Waals surface area contributed by atoms with Crippen LogP contribution in [0.25, 0.3) is 0 Å². The summed E-state index contributed by atoms with van der Waals surface area (Å²) in [5, 5.41) is 10.0. The topological polar surface area (TPSA) is 40.5 Å². The second-order valence-corrected chi connectivity index (χ2v) is 8.52. The molecule has 1 N–H and O–H groups in total. The van der Waals surface area contributed by atoms with E-state index in [9.17, 15) is 9.90 Å². The number of benzene rings is 1. The first-order valence-electron chi connectivity index (χ1n) is 9.17. The Balaban J connectivity index is 1.57. The van der Waals surface area contributed by atoms with Gasteiger partial charge in [-0.05, 0) is 73.2 Å². The molecule has 3 nitrogen and oxygen atoms in total. The maximum atomic E-state index is 12.3. The number of Topliss-reactive ketones (excluding diaryl/α,β-unsaturated/α-hetero) is 1. The van der Waals surface area contributed by atoms with Crippen LogP contribution in [0.5, 0.6) is 5.75 Å². The van der Waals surface area contributed by atoms with Gasteiger partial charge in [-0.2, -0.15) is 0 Å². The fraction of sp³-hybridized carbons (Fsp3) is 0.650. The Kier molecular flexibility index (Phi) is 2.80. The van der Waals surface area contributed by atoms with Crippen LogP contribution >= 0.6 is 0 Å². The maximum absolute atomic E-state index is 12.3. The van der Waals surface area contributed by atoms with Crippen LogP contribution < -0.4 is 0 Å². The van der Waals surface area contributed by atoms with E-state index in [1.807, 2.05) is 12.1 Å². The number of ketones is 1. The van der Waals surface area contributed by atoms with Gasteiger partial charge in [-0.15, -0.1) is 0 Å². The first-order valence-corrected chi connectivity index (χ1v) is 9.17. The minimum atomic E-state index is -0.00351. The number of carbonyl (C=O) groups is 1. The van der Waals surface area contributed by atoms with Gasteiger partial charge in [-0.25, -0.2) is 0 Å². The minimum Gasteiger partial charge on any atom is -0.508 e. The van der Waals surface area contributed by atoms with E-state index in [2.05, 4.69) is 11.0 Å². The zero-order chi connectivity index (χ0) is 15.7. The van der Waals surface area contributed by atoms with Gasteiger partial charge in [0.2, 0.25) is 0 Å². The molecule has 1 heterocycles. The summed E-state index contributed by atoms with van der Waals surface area (Å²) in [6.45, 7) is 3.51. The van der Waals surface area contributed by atoms with Crippen LogP contribution in [-0.2, 0) is 16.6 Å². The first-order chi connectivity index (χ1) is 11.1. The molecule has 3 fully saturated rings. The van der Waals surface area contributed by atoms with Crippen molar-refractivity contribution in [2.45, 2.75) is 50.4 Å². The summed E-state index contributed by atoms with van der Waals surface area (Å²) in [6.07, 6.45) is 7.46. The third kappa shape index (κ3) is 1.95. The molecule has 0 amide bonds. The molecule has 0 unspecified atom stereocenters. The number of hydrogen-bond donors (Lipinski definition) is 1. The highest BCUT2D eigenvalue weighted by Gasteiger charge is 2.62. The van der Waals surface area contributed by atoms with Gasteiger partial charge in [0, 0.05) is 31.3 Å². The van der Waals surface area contributed by atoms with Crippen molar-refractivity contribution in [3.8, 4) is 5.75 Å². The fourth-order valence-corrected chi connectivity index (χ4v) is 5.85. The number of piperidine rings is 1. The zero-order valence-electron chi connectivity index (χ0n) is 13.7. The van der Waals surface area contributed by atoms with Gasteiger partial charge in [0.1, 0.15) is 11.5 Å². The highest BCUT2D eigenvalue weighted by molar-refractivity contribution is 5.82. The van der Waals surface area contributed by atoms with Crippen LogP contribution in [0.2, 0.25) is 0 Å². The van der Waals surface area contributed by atoms with Gasteiger partial charge in [-0.3, -0.25) is 4.79 Å². The van der Waals surface area contributed by atoms with Crippen molar-refractivity contribution < 1.29 is 9.90 Å². The van der Waals surface area contributed by atoms with Crippen LogP contribution in [0.15, 0.2) is 18.2 Å². The van der Waals surface area contributed by atoms with Crippen molar-refractivity contribution in [1.82, 2.24) is 4.90 Å². The molecule has 23 heavy (non-hydrogen) atoms. The van der Waals surface area contributed by atoms with E-state index >= 15 is 0 Å². The minimum absolute atomic E-state index is 0.00351. The van der Waals surface area contributed by atoms with Crippen LogP contribution in [-0.4, -0.2) is 35.4 Å². The average molecular weight is 311 g/mol. The number of rotatable bonds is 2. The monoisotopic (exact) mass is 311 g/mol. The molecule has 1 aliphatic heterocycles. The molecule has 3 heteroatoms. The lowest BCUT2D eigenvalue weighted by Gasteiger charge is -2.56. The number of phenolic OH excluding ortho intramolecular Hbond substituents is 1. The van der Waals surface area contributed by atoms with Gasteiger partial charge >= 0.3 is 0 Å². The van der Waals surface area contributed by atoms with Crippen LogP contribution in [0, 0.1) is 11.3 Å². The summed E-state index contributed by atoms with van der Waals surface area (Å²) >= 11 is 0. The largest absolute Gasteiger partial charge is 0.508 e. The predicted molar refractivity (Wildman–Crippen MR) is 88.6 cm³/mol. The van der Waals surface area contributed by atoms with Crippen molar-refractivity contribution in [3.05, 3.63) is 29.3 Å². The number of likely N-dealkylation sites (tertiary alicyclic amines) is 1. The molecule has 3 aliphatic carbocycles. The van der Waals surface area contributed by atoms with E-state index in [0.717, 1.165) is 44.7 Å². The molecule has 4 aliphatic rings. The number of carbonyl (C=O) groups excluding carboxylic acids is 1. The van der Waals surface area contributed by atoms with Gasteiger partial charge in [0.15, 0.2) is 0 Å². The van der Waals surface area contributed by atoms with Crippen molar-refractivity contribution in [1.29, 1.82) is 0 Å². The summed E-state index contributed by atoms with van der Waals surface area (Å²) < 4.78 is 0. The quantitative estimate of drug-likeness (QED) is 0.912. The number of nitrogens with zero attached hydrogens (tertiary/aromatic N) is 1. The van der Waals surface area contributed by atoms with E-state index in [-0.39, 0.29) is 10.8 Å². The predicted octanol–water partition coefficient (Wildman–Crippen LogP) is 3.04. The molecule has 122 valence electrons. The van der Waals surface area contributed by atoms with Gasteiger partial charge in [0.25, 0.3) is 0 Å². The third-order valence-corrected chi connectivity index (χ3v) is 7.13. The summed E-state index contributed by atoms with van der Waals surface area (Å²) in [4.78, 5) is 15.0. The summed E-state index contributed by atoms with van der Waals surface area (Å²) in [6, 6.07) is 5.89. The van der Waals surface area contributed by atoms with Crippen molar-refractivity contribution in [2.24, 2.45) is 11.3 Å². The summed E-state index contributed by atoms with van der Waals surface area (Å²) in [5.41, 5.74) is 2.89. The Bertz CT molecular complexity index is 680. The standard InChI is InChI=1S/C20H25NO2/c22-16-4-3-15-10-19-6-5-17(23)11-20(19,18(15)9-16)7-8-21(13-19)12-14-1-2-14/h3-4,9,14,22H,1-2,5-8,10-13H2/t19-,20+/m0/s1. The van der Waals surface area contributed by atoms with Crippen LogP contribution in [0.1, 0.15) is 49.7 Å². The van der Waals surface area contributed by atoms with Crippen molar-refractivity contribution >= 4 is 5.78 Å². The molecule has 2 atom stereocenters. The molecule has 5 rings (SSSR count). The number of phenols is 1. The lowest BCUT2D eigenvalue weighted by atomic mass is 9.53. The number of aromatic hydroxyl groups is 1. The van der Waals surface area contributed by atoms with E-state index in [1.165, 1.54) is 30.5 Å². The number of hydrogen-bond acceptors (Lipinski definition) is 3. The molecule has 0 spiro atoms. The molecule has 0 radical (unpaired) electrons. The second kappa shape index (κ2) is 4.60. The Morgan fingerprint density at radius 1 is 1.22 bits per heavy atom. The maximum Gasteiger partial charge on any atom is 0.133 e. The molecular weight excluding hydrogens is 286 g/mol. The van der Waals surface area contributed by atoms with Crippen molar-refractivity contribution in [2.75, 3.05) is 19.6 Å². The van der Waals surface area contributed by atoms with Gasteiger partial charge in [0.05, 0.1) is 0 Å². The lowest BCUT2D eigenvalue weighted by molar-refractivity contribution is -0.129. The molecule has 2 saturated carbocycles. The molecule has 1 saturated heterocycles. The Morgan fingerprint density at radius 2 is 2.09 bits per heavy atom. The smallest absolute Gasteiger partial charge is 0.133 e. The second-order valence-electron chi connectivity index (χ2n) is 8.52. The molecule has 0 aromatic heterocycles. The molecule has 1 aromatic carbocycles. The molecule has 0 bridgehead atoms. The van der Waals surface area contributed by atoms with E-state index < -0.39 is 0 Å². The summed E-state index contributed by atoms with van der Waals surface area (Å²) in [5.74, 6) is 1.71. The van der Waals surface area contributed by atoms with Crippen LogP contribution in [0.4, 0.5) is 0 Å². The average Bonchev–Trinajstić information content (AvgIpc) is 3.29. The first kappa shape index (κ1) is 14.0. The zero-order valence-corrected chi connectivity index (χ0v) is 13.7. The summed E-state index contributed by atoms with van der Waals surface area (Å²) in [7, 11) is 0. The van der Waals surface area contributed by atoms with Crippen LogP contribution in [0.3, 0.4) is 0 Å². The SMILES string of the molecule is O=C1CC[C@@]23Cc4ccc(O)cc4[C@@]2(CCN(CC2CC2)C3)C1. The third-order valence-electron chi connectivity index (χ3n) is 7.13. The highest BCUT2D eigenvalue weighted by atomic mass is 16.3. The van der Waals surface area contributed by atoms with Gasteiger partial charge < -0.3 is 10.0 Å². The highest BCUT2D eigenvalue weighted by Crippen LogP contribution is 2.63. The van der Waals surface area contributed by atoms with Gasteiger partial charge in [-0.1, -0.05) is 6.07 Å². The normalized spacial score (nSPS) is 36.4. The van der Waals surface area contributed by atoms with Crippen molar-refractivity contribution in [3.63, 3.8) is 0 Å². The fourth-order valence-electron chi connectivity index (χ4n) is 5.85. The number of fused-ring (bicyclic) bond motifs is 1.